The highest BCUT2D eigenvalue weighted by Crippen LogP contribution is 2.23. The number of nitrogens with two attached hydrogens (primary N) is 1. The predicted octanol–water partition coefficient (Wildman–Crippen LogP) is 3.76. The summed E-state index contributed by atoms with van der Waals surface area (Å²) in [6.07, 6.45) is 4.34. The van der Waals surface area contributed by atoms with Crippen LogP contribution in [0.25, 0.3) is 16.6 Å². The number of fused-ring (bicyclic) bond motifs is 1. The van der Waals surface area contributed by atoms with Crippen molar-refractivity contribution in [3.63, 3.8) is 0 Å². The standard InChI is InChI=1S/C20H21N5O/c1-13(14-4-3-5-17(8-14)26-2)24-20-12-23-19-9-15(16(10-21)11-22)6-7-18(19)25-20/h3-13,21H,22H2,1-2H3,(H,24,25)/b16-11+,21-10?/t13-/m1/s1. The molecule has 0 aliphatic heterocycles. The Labute approximate surface area is 152 Å². The van der Waals surface area contributed by atoms with E-state index in [2.05, 4.69) is 22.2 Å². The van der Waals surface area contributed by atoms with Gasteiger partial charge in [-0.1, -0.05) is 18.2 Å². The molecule has 6 nitrogen and oxygen atoms in total. The fraction of sp³-hybridized carbons (Fsp3) is 0.150. The van der Waals surface area contributed by atoms with Crippen LogP contribution >= 0.6 is 0 Å². The van der Waals surface area contributed by atoms with Gasteiger partial charge in [-0.05, 0) is 42.3 Å². The molecule has 0 saturated heterocycles. The molecule has 0 aliphatic rings. The Morgan fingerprint density at radius 1 is 1.23 bits per heavy atom. The maximum absolute atomic E-state index is 7.40. The molecule has 1 aromatic heterocycles. The monoisotopic (exact) mass is 347 g/mol. The SMILES string of the molecule is COc1cccc([C@@H](C)Nc2cnc3cc(/C(C=N)=C/N)ccc3n2)c1. The molecular weight excluding hydrogens is 326 g/mol. The summed E-state index contributed by atoms with van der Waals surface area (Å²) >= 11 is 0. The number of rotatable bonds is 6. The molecule has 0 radical (unpaired) electrons. The third-order valence-electron chi connectivity index (χ3n) is 4.17. The van der Waals surface area contributed by atoms with E-state index in [9.17, 15) is 0 Å². The number of aromatic nitrogens is 2. The van der Waals surface area contributed by atoms with Crippen molar-refractivity contribution in [1.82, 2.24) is 9.97 Å². The molecule has 6 heteroatoms. The quantitative estimate of drug-likeness (QED) is 0.590. The molecule has 0 aliphatic carbocycles. The van der Waals surface area contributed by atoms with Gasteiger partial charge in [-0.25, -0.2) is 4.98 Å². The summed E-state index contributed by atoms with van der Waals surface area (Å²) in [7, 11) is 1.66. The van der Waals surface area contributed by atoms with E-state index in [1.54, 1.807) is 13.3 Å². The molecule has 3 rings (SSSR count). The van der Waals surface area contributed by atoms with E-state index in [-0.39, 0.29) is 6.04 Å². The van der Waals surface area contributed by atoms with Gasteiger partial charge >= 0.3 is 0 Å². The molecule has 0 fully saturated rings. The van der Waals surface area contributed by atoms with Crippen LogP contribution in [0.3, 0.4) is 0 Å². The maximum Gasteiger partial charge on any atom is 0.145 e. The fourth-order valence-electron chi connectivity index (χ4n) is 2.70. The number of methoxy groups -OCH3 is 1. The molecule has 132 valence electrons. The second-order valence-corrected chi connectivity index (χ2v) is 5.87. The normalized spacial score (nSPS) is 12.6. The van der Waals surface area contributed by atoms with Gasteiger partial charge in [-0.3, -0.25) is 4.98 Å². The maximum atomic E-state index is 7.40. The van der Waals surface area contributed by atoms with Crippen LogP contribution in [0.5, 0.6) is 5.75 Å². The minimum Gasteiger partial charge on any atom is -0.497 e. The molecule has 1 atom stereocenters. The number of ether oxygens (including phenoxy) is 1. The Morgan fingerprint density at radius 2 is 2.08 bits per heavy atom. The first-order chi connectivity index (χ1) is 12.6. The Kier molecular flexibility index (Phi) is 5.12. The van der Waals surface area contributed by atoms with Gasteiger partial charge in [0, 0.05) is 18.0 Å². The number of allylic oxidation sites excluding steroid dienone is 1. The van der Waals surface area contributed by atoms with Gasteiger partial charge in [0.05, 0.1) is 30.4 Å². The molecule has 2 aromatic carbocycles. The summed E-state index contributed by atoms with van der Waals surface area (Å²) in [6, 6.07) is 13.6. The van der Waals surface area contributed by atoms with Crippen molar-refractivity contribution in [2.24, 2.45) is 5.73 Å². The van der Waals surface area contributed by atoms with Crippen molar-refractivity contribution < 1.29 is 4.74 Å². The Balaban J connectivity index is 1.84. The lowest BCUT2D eigenvalue weighted by atomic mass is 10.1. The second kappa shape index (κ2) is 7.65. The number of nitrogens with zero attached hydrogens (tertiary/aromatic N) is 2. The van der Waals surface area contributed by atoms with Crippen LogP contribution in [-0.2, 0) is 0 Å². The number of nitrogens with one attached hydrogen (secondary N) is 2. The molecule has 0 bridgehead atoms. The summed E-state index contributed by atoms with van der Waals surface area (Å²) in [5.41, 5.74) is 9.66. The van der Waals surface area contributed by atoms with Crippen molar-refractivity contribution in [1.29, 1.82) is 5.41 Å². The largest absolute Gasteiger partial charge is 0.497 e. The van der Waals surface area contributed by atoms with Crippen molar-refractivity contribution in [2.45, 2.75) is 13.0 Å². The fourth-order valence-corrected chi connectivity index (χ4v) is 2.70. The van der Waals surface area contributed by atoms with Gasteiger partial charge < -0.3 is 21.2 Å². The lowest BCUT2D eigenvalue weighted by Gasteiger charge is -2.16. The van der Waals surface area contributed by atoms with Crippen molar-refractivity contribution in [3.8, 4) is 5.75 Å². The highest BCUT2D eigenvalue weighted by Gasteiger charge is 2.09. The van der Waals surface area contributed by atoms with Crippen LogP contribution < -0.4 is 15.8 Å². The minimum atomic E-state index is 0.0563. The van der Waals surface area contributed by atoms with E-state index in [1.165, 1.54) is 12.4 Å². The van der Waals surface area contributed by atoms with Crippen LogP contribution in [0.1, 0.15) is 24.1 Å². The molecule has 0 unspecified atom stereocenters. The molecule has 1 heterocycles. The lowest BCUT2D eigenvalue weighted by Crippen LogP contribution is -2.08. The molecule has 0 spiro atoms. The van der Waals surface area contributed by atoms with Gasteiger partial charge in [0.2, 0.25) is 0 Å². The summed E-state index contributed by atoms with van der Waals surface area (Å²) < 4.78 is 5.28. The van der Waals surface area contributed by atoms with Gasteiger partial charge in [0.15, 0.2) is 0 Å². The summed E-state index contributed by atoms with van der Waals surface area (Å²) in [4.78, 5) is 9.10. The minimum absolute atomic E-state index is 0.0563. The van der Waals surface area contributed by atoms with Gasteiger partial charge in [-0.15, -0.1) is 0 Å². The highest BCUT2D eigenvalue weighted by molar-refractivity contribution is 6.08. The third-order valence-corrected chi connectivity index (χ3v) is 4.17. The van der Waals surface area contributed by atoms with Crippen molar-refractivity contribution >= 4 is 28.6 Å². The smallest absolute Gasteiger partial charge is 0.145 e. The lowest BCUT2D eigenvalue weighted by molar-refractivity contribution is 0.414. The van der Waals surface area contributed by atoms with E-state index < -0.39 is 0 Å². The van der Waals surface area contributed by atoms with Crippen LogP contribution in [-0.4, -0.2) is 23.3 Å². The molecule has 0 saturated carbocycles. The summed E-state index contributed by atoms with van der Waals surface area (Å²) in [6.45, 7) is 2.06. The van der Waals surface area contributed by atoms with E-state index in [0.29, 0.717) is 11.4 Å². The van der Waals surface area contributed by atoms with E-state index in [1.807, 2.05) is 42.5 Å². The zero-order chi connectivity index (χ0) is 18.5. The van der Waals surface area contributed by atoms with Crippen LogP contribution in [0, 0.1) is 5.41 Å². The number of anilines is 1. The average molecular weight is 347 g/mol. The van der Waals surface area contributed by atoms with E-state index in [4.69, 9.17) is 15.9 Å². The Morgan fingerprint density at radius 3 is 2.81 bits per heavy atom. The van der Waals surface area contributed by atoms with Gasteiger partial charge in [0.25, 0.3) is 0 Å². The molecule has 4 N–H and O–H groups in total. The third kappa shape index (κ3) is 3.64. The molecule has 3 aromatic rings. The van der Waals surface area contributed by atoms with Crippen molar-refractivity contribution in [3.05, 3.63) is 66.0 Å². The van der Waals surface area contributed by atoms with Crippen molar-refractivity contribution in [2.75, 3.05) is 12.4 Å². The summed E-state index contributed by atoms with van der Waals surface area (Å²) in [5, 5.41) is 10.8. The van der Waals surface area contributed by atoms with E-state index >= 15 is 0 Å². The zero-order valence-corrected chi connectivity index (χ0v) is 14.7. The second-order valence-electron chi connectivity index (χ2n) is 5.87. The molecule has 0 amide bonds. The van der Waals surface area contributed by atoms with E-state index in [0.717, 1.165) is 27.9 Å². The van der Waals surface area contributed by atoms with Gasteiger partial charge in [0.1, 0.15) is 11.6 Å². The van der Waals surface area contributed by atoms with Crippen LogP contribution in [0.15, 0.2) is 54.9 Å². The number of benzene rings is 2. The topological polar surface area (TPSA) is 96.9 Å². The highest BCUT2D eigenvalue weighted by atomic mass is 16.5. The zero-order valence-electron chi connectivity index (χ0n) is 14.7. The number of hydrogen-bond acceptors (Lipinski definition) is 6. The molecular formula is C20H21N5O. The van der Waals surface area contributed by atoms with Gasteiger partial charge in [-0.2, -0.15) is 0 Å². The number of hydrogen-bond donors (Lipinski definition) is 3. The first-order valence-corrected chi connectivity index (χ1v) is 8.24. The van der Waals surface area contributed by atoms with Crippen LogP contribution in [0.2, 0.25) is 0 Å². The predicted molar refractivity (Wildman–Crippen MR) is 106 cm³/mol. The summed E-state index contributed by atoms with van der Waals surface area (Å²) in [5.74, 6) is 1.52. The first-order valence-electron chi connectivity index (χ1n) is 8.24. The Bertz CT molecular complexity index is 967. The van der Waals surface area contributed by atoms with Crippen LogP contribution in [0.4, 0.5) is 5.82 Å². The molecule has 26 heavy (non-hydrogen) atoms. The average Bonchev–Trinajstić information content (AvgIpc) is 2.69. The Hall–Kier alpha value is -3.41. The first kappa shape index (κ1) is 17.4.